The number of rotatable bonds is 7. The van der Waals surface area contributed by atoms with Crippen LogP contribution in [0.3, 0.4) is 0 Å². The number of aryl methyl sites for hydroxylation is 2. The SMILES string of the molecule is Cc1cccc(C)c1-c1cc2nc(n1)NS(=O)(=O)c1cccc(c1)C(=O)N(Cc1cncc(N3CC[C@H]3C(C)C)n1)[C@H](CCC(C)(C)C)CO2. The Balaban J connectivity index is 1.45. The van der Waals surface area contributed by atoms with Gasteiger partial charge in [0.2, 0.25) is 11.8 Å². The van der Waals surface area contributed by atoms with E-state index in [0.29, 0.717) is 29.8 Å². The zero-order valence-corrected chi connectivity index (χ0v) is 30.8. The van der Waals surface area contributed by atoms with Gasteiger partial charge in [-0.15, -0.1) is 0 Å². The summed E-state index contributed by atoms with van der Waals surface area (Å²) in [5.41, 5.74) is 4.22. The van der Waals surface area contributed by atoms with E-state index in [2.05, 4.69) is 59.2 Å². The Hall–Kier alpha value is -4.58. The van der Waals surface area contributed by atoms with Crippen LogP contribution in [-0.2, 0) is 16.6 Å². The van der Waals surface area contributed by atoms with Crippen molar-refractivity contribution in [2.45, 2.75) is 91.3 Å². The Kier molecular flexibility index (Phi) is 9.85. The number of nitrogens with one attached hydrogen (secondary N) is 1. The molecule has 1 N–H and O–H groups in total. The molecule has 1 amide bonds. The fourth-order valence-corrected chi connectivity index (χ4v) is 7.67. The normalized spacial score (nSPS) is 19.1. The van der Waals surface area contributed by atoms with E-state index in [4.69, 9.17) is 9.72 Å². The molecule has 2 aromatic carbocycles. The number of anilines is 2. The molecule has 0 aliphatic carbocycles. The molecule has 2 aromatic heterocycles. The number of fused-ring (bicyclic) bond motifs is 4. The van der Waals surface area contributed by atoms with E-state index in [9.17, 15) is 13.2 Å². The van der Waals surface area contributed by atoms with E-state index >= 15 is 0 Å². The minimum atomic E-state index is -4.17. The first kappa shape index (κ1) is 35.3. The summed E-state index contributed by atoms with van der Waals surface area (Å²) in [6.45, 7) is 16.1. The lowest BCUT2D eigenvalue weighted by atomic mass is 9.88. The second-order valence-electron chi connectivity index (χ2n) is 15.0. The van der Waals surface area contributed by atoms with Gasteiger partial charge in [-0.05, 0) is 73.8 Å². The predicted molar refractivity (Wildman–Crippen MR) is 195 cm³/mol. The Bertz CT molecular complexity index is 1970. The maximum atomic E-state index is 14.6. The van der Waals surface area contributed by atoms with E-state index in [1.165, 1.54) is 12.1 Å². The molecule has 0 unspecified atom stereocenters. The van der Waals surface area contributed by atoms with Crippen LogP contribution in [0.5, 0.6) is 5.88 Å². The van der Waals surface area contributed by atoms with Gasteiger partial charge in [0.25, 0.3) is 15.9 Å². The minimum absolute atomic E-state index is 0.0193. The van der Waals surface area contributed by atoms with Crippen molar-refractivity contribution in [1.29, 1.82) is 0 Å². The smallest absolute Gasteiger partial charge is 0.264 e. The number of hydrogen-bond acceptors (Lipinski definition) is 9. The van der Waals surface area contributed by atoms with Crippen molar-refractivity contribution < 1.29 is 17.9 Å². The number of benzene rings is 2. The molecule has 0 spiro atoms. The summed E-state index contributed by atoms with van der Waals surface area (Å²) in [6, 6.07) is 13.7. The van der Waals surface area contributed by atoms with Gasteiger partial charge < -0.3 is 14.5 Å². The maximum absolute atomic E-state index is 14.6. The van der Waals surface area contributed by atoms with Crippen LogP contribution in [0.2, 0.25) is 0 Å². The molecule has 11 nitrogen and oxygen atoms in total. The predicted octanol–water partition coefficient (Wildman–Crippen LogP) is 6.82. The molecule has 0 saturated carbocycles. The molecule has 12 heteroatoms. The molecular weight excluding hydrogens is 651 g/mol. The number of hydrogen-bond donors (Lipinski definition) is 1. The van der Waals surface area contributed by atoms with Crippen LogP contribution >= 0.6 is 0 Å². The van der Waals surface area contributed by atoms with Crippen LogP contribution in [0.15, 0.2) is 65.8 Å². The quantitative estimate of drug-likeness (QED) is 0.221. The standard InChI is InChI=1S/C38H47N7O4S/c1-24(2)32-15-17-44(32)33-21-39-20-28(40-33)22-45-29(14-16-38(5,6)7)23-49-34-19-31(35-25(3)10-8-11-26(35)4)41-37(42-34)43-50(47,48)30-13-9-12-27(18-30)36(45)46/h8-13,18-21,24,29,32H,14-17,22-23H2,1-7H3,(H,41,42,43)/t29-,32+/m1/s1. The van der Waals surface area contributed by atoms with Crippen LogP contribution in [-0.4, -0.2) is 64.4 Å². The van der Waals surface area contributed by atoms with Crippen LogP contribution in [0.1, 0.15) is 81.1 Å². The molecule has 4 aromatic rings. The Morgan fingerprint density at radius 3 is 2.42 bits per heavy atom. The van der Waals surface area contributed by atoms with Gasteiger partial charge in [-0.25, -0.2) is 23.1 Å². The Morgan fingerprint density at radius 1 is 1.00 bits per heavy atom. The summed E-state index contributed by atoms with van der Waals surface area (Å²) in [5.74, 6) is 1.03. The molecule has 4 bridgehead atoms. The van der Waals surface area contributed by atoms with Crippen molar-refractivity contribution in [3.05, 3.63) is 83.3 Å². The first-order valence-corrected chi connectivity index (χ1v) is 18.8. The minimum Gasteiger partial charge on any atom is -0.475 e. The van der Waals surface area contributed by atoms with E-state index in [-0.39, 0.29) is 46.8 Å². The van der Waals surface area contributed by atoms with Gasteiger partial charge in [0.05, 0.1) is 41.3 Å². The Morgan fingerprint density at radius 2 is 1.74 bits per heavy atom. The van der Waals surface area contributed by atoms with Crippen molar-refractivity contribution in [2.75, 3.05) is 22.8 Å². The number of carbonyl (C=O) groups is 1. The second-order valence-corrected chi connectivity index (χ2v) is 16.7. The zero-order valence-electron chi connectivity index (χ0n) is 30.0. The third-order valence-electron chi connectivity index (χ3n) is 9.54. The topological polar surface area (TPSA) is 131 Å². The maximum Gasteiger partial charge on any atom is 0.264 e. The molecule has 6 rings (SSSR count). The fraction of sp³-hybridized carbons (Fsp3) is 0.447. The molecule has 2 atom stereocenters. The summed E-state index contributed by atoms with van der Waals surface area (Å²) in [6.07, 6.45) is 6.01. The number of sulfonamides is 1. The summed E-state index contributed by atoms with van der Waals surface area (Å²) >= 11 is 0. The summed E-state index contributed by atoms with van der Waals surface area (Å²) < 4.78 is 36.4. The molecule has 1 saturated heterocycles. The molecule has 2 aliphatic heterocycles. The highest BCUT2D eigenvalue weighted by atomic mass is 32.2. The van der Waals surface area contributed by atoms with Gasteiger partial charge in [0.1, 0.15) is 12.4 Å². The molecule has 2 aliphatic rings. The average molecular weight is 698 g/mol. The molecular formula is C38H47N7O4S. The fourth-order valence-electron chi connectivity index (χ4n) is 6.68. The lowest BCUT2D eigenvalue weighted by Gasteiger charge is -2.44. The number of carbonyl (C=O) groups excluding carboxylic acids is 1. The van der Waals surface area contributed by atoms with Gasteiger partial charge in [-0.2, -0.15) is 4.98 Å². The molecule has 1 fully saturated rings. The van der Waals surface area contributed by atoms with Crippen LogP contribution < -0.4 is 14.4 Å². The van der Waals surface area contributed by atoms with Gasteiger partial charge in [-0.3, -0.25) is 9.78 Å². The first-order valence-electron chi connectivity index (χ1n) is 17.3. The van der Waals surface area contributed by atoms with Crippen LogP contribution in [0, 0.1) is 25.2 Å². The molecule has 50 heavy (non-hydrogen) atoms. The lowest BCUT2D eigenvalue weighted by molar-refractivity contribution is 0.0549. The average Bonchev–Trinajstić information content (AvgIpc) is 3.02. The van der Waals surface area contributed by atoms with Crippen molar-refractivity contribution in [1.82, 2.24) is 24.8 Å². The molecule has 264 valence electrons. The number of ether oxygens (including phenoxy) is 1. The van der Waals surface area contributed by atoms with E-state index in [1.54, 1.807) is 35.5 Å². The third kappa shape index (κ3) is 7.75. The van der Waals surface area contributed by atoms with E-state index in [1.807, 2.05) is 32.0 Å². The van der Waals surface area contributed by atoms with E-state index in [0.717, 1.165) is 41.9 Å². The van der Waals surface area contributed by atoms with Gasteiger partial charge >= 0.3 is 0 Å². The van der Waals surface area contributed by atoms with Gasteiger partial charge in [-0.1, -0.05) is 58.9 Å². The van der Waals surface area contributed by atoms with Crippen LogP contribution in [0.25, 0.3) is 11.3 Å². The zero-order chi connectivity index (χ0) is 35.8. The summed E-state index contributed by atoms with van der Waals surface area (Å²) in [5, 5.41) is 0. The number of amides is 1. The monoisotopic (exact) mass is 697 g/mol. The van der Waals surface area contributed by atoms with Gasteiger partial charge in [0.15, 0.2) is 0 Å². The number of nitrogens with zero attached hydrogens (tertiary/aromatic N) is 6. The lowest BCUT2D eigenvalue weighted by Crippen LogP contribution is -2.51. The highest BCUT2D eigenvalue weighted by Crippen LogP contribution is 2.32. The summed E-state index contributed by atoms with van der Waals surface area (Å²) in [7, 11) is -4.17. The van der Waals surface area contributed by atoms with Gasteiger partial charge in [0, 0.05) is 29.8 Å². The second kappa shape index (κ2) is 14.0. The first-order chi connectivity index (χ1) is 23.7. The highest BCUT2D eigenvalue weighted by Gasteiger charge is 2.33. The molecule has 4 heterocycles. The van der Waals surface area contributed by atoms with Crippen molar-refractivity contribution in [3.8, 4) is 17.1 Å². The highest BCUT2D eigenvalue weighted by molar-refractivity contribution is 7.92. The molecule has 0 radical (unpaired) electrons. The van der Waals surface area contributed by atoms with E-state index < -0.39 is 16.1 Å². The van der Waals surface area contributed by atoms with Crippen molar-refractivity contribution in [2.24, 2.45) is 11.3 Å². The van der Waals surface area contributed by atoms with Crippen molar-refractivity contribution >= 4 is 27.7 Å². The largest absolute Gasteiger partial charge is 0.475 e. The van der Waals surface area contributed by atoms with Crippen LogP contribution in [0.4, 0.5) is 11.8 Å². The third-order valence-corrected chi connectivity index (χ3v) is 10.9. The van der Waals surface area contributed by atoms with Crippen molar-refractivity contribution in [3.63, 3.8) is 0 Å². The number of aromatic nitrogens is 4. The summed E-state index contributed by atoms with van der Waals surface area (Å²) in [4.78, 5) is 37.2. The Labute approximate surface area is 295 Å².